The fourth-order valence-corrected chi connectivity index (χ4v) is 2.77. The average molecular weight is 271 g/mol. The van der Waals surface area contributed by atoms with E-state index in [9.17, 15) is 0 Å². The molecule has 0 spiro atoms. The molecule has 0 amide bonds. The summed E-state index contributed by atoms with van der Waals surface area (Å²) in [7, 11) is 0. The van der Waals surface area contributed by atoms with Crippen LogP contribution in [-0.2, 0) is 6.54 Å². The van der Waals surface area contributed by atoms with E-state index in [0.717, 1.165) is 5.56 Å². The second kappa shape index (κ2) is 6.18. The maximum Gasteiger partial charge on any atom is 0.240 e. The van der Waals surface area contributed by atoms with Gasteiger partial charge in [-0.15, -0.1) is 0 Å². The van der Waals surface area contributed by atoms with Crippen molar-refractivity contribution in [2.45, 2.75) is 51.6 Å². The third kappa shape index (κ3) is 3.25. The van der Waals surface area contributed by atoms with E-state index < -0.39 is 0 Å². The first-order chi connectivity index (χ1) is 9.81. The molecule has 4 nitrogen and oxygen atoms in total. The van der Waals surface area contributed by atoms with E-state index >= 15 is 0 Å². The van der Waals surface area contributed by atoms with Gasteiger partial charge in [0.2, 0.25) is 11.7 Å². The summed E-state index contributed by atoms with van der Waals surface area (Å²) in [4.78, 5) is 4.47. The molecule has 2 aromatic rings. The molecule has 0 bridgehead atoms. The molecule has 1 N–H and O–H groups in total. The van der Waals surface area contributed by atoms with E-state index in [0.29, 0.717) is 24.3 Å². The van der Waals surface area contributed by atoms with Crippen LogP contribution in [0.25, 0.3) is 11.4 Å². The summed E-state index contributed by atoms with van der Waals surface area (Å²) in [5, 5.41) is 7.58. The number of aryl methyl sites for hydroxylation is 1. The lowest BCUT2D eigenvalue weighted by Crippen LogP contribution is -2.30. The Morgan fingerprint density at radius 3 is 2.90 bits per heavy atom. The van der Waals surface area contributed by atoms with Gasteiger partial charge < -0.3 is 9.84 Å². The van der Waals surface area contributed by atoms with Crippen LogP contribution in [0, 0.1) is 6.92 Å². The first-order valence-electron chi connectivity index (χ1n) is 7.44. The minimum absolute atomic E-state index is 0.609. The molecule has 0 unspecified atom stereocenters. The molecule has 1 fully saturated rings. The predicted octanol–water partition coefficient (Wildman–Crippen LogP) is 3.47. The normalized spacial score (nSPS) is 16.4. The summed E-state index contributed by atoms with van der Waals surface area (Å²) in [6, 6.07) is 8.77. The van der Waals surface area contributed by atoms with Crippen molar-refractivity contribution >= 4 is 0 Å². The zero-order chi connectivity index (χ0) is 13.8. The molecule has 1 aromatic carbocycles. The molecule has 0 radical (unpaired) electrons. The Morgan fingerprint density at radius 2 is 2.10 bits per heavy atom. The van der Waals surface area contributed by atoms with Crippen LogP contribution in [0.1, 0.15) is 43.6 Å². The Hall–Kier alpha value is -1.68. The number of hydrogen-bond acceptors (Lipinski definition) is 4. The Balaban J connectivity index is 1.61. The average Bonchev–Trinajstić information content (AvgIpc) is 2.95. The molecule has 106 valence electrons. The van der Waals surface area contributed by atoms with Gasteiger partial charge in [0.05, 0.1) is 6.54 Å². The summed E-state index contributed by atoms with van der Waals surface area (Å²) >= 11 is 0. The molecule has 1 aromatic heterocycles. The highest BCUT2D eigenvalue weighted by molar-refractivity contribution is 5.55. The third-order valence-corrected chi connectivity index (χ3v) is 3.89. The van der Waals surface area contributed by atoms with Gasteiger partial charge in [0.25, 0.3) is 0 Å². The van der Waals surface area contributed by atoms with Crippen molar-refractivity contribution in [3.63, 3.8) is 0 Å². The first kappa shape index (κ1) is 13.3. The second-order valence-electron chi connectivity index (χ2n) is 5.60. The van der Waals surface area contributed by atoms with E-state index in [2.05, 4.69) is 34.5 Å². The lowest BCUT2D eigenvalue weighted by molar-refractivity contribution is 0.327. The van der Waals surface area contributed by atoms with Crippen LogP contribution in [0.3, 0.4) is 0 Å². The number of hydrogen-bond donors (Lipinski definition) is 1. The summed E-state index contributed by atoms with van der Waals surface area (Å²) in [5.41, 5.74) is 2.21. The van der Waals surface area contributed by atoms with Crippen LogP contribution < -0.4 is 5.32 Å². The molecule has 1 aliphatic rings. The van der Waals surface area contributed by atoms with E-state index in [1.54, 1.807) is 0 Å². The summed E-state index contributed by atoms with van der Waals surface area (Å²) in [5.74, 6) is 1.35. The quantitative estimate of drug-likeness (QED) is 0.925. The van der Waals surface area contributed by atoms with Gasteiger partial charge in [-0.25, -0.2) is 0 Å². The smallest absolute Gasteiger partial charge is 0.240 e. The maximum atomic E-state index is 5.33. The van der Waals surface area contributed by atoms with Crippen molar-refractivity contribution < 1.29 is 4.52 Å². The summed E-state index contributed by atoms with van der Waals surface area (Å²) < 4.78 is 5.33. The van der Waals surface area contributed by atoms with Crippen molar-refractivity contribution in [1.29, 1.82) is 0 Å². The molecular weight excluding hydrogens is 250 g/mol. The van der Waals surface area contributed by atoms with E-state index in [1.165, 1.54) is 37.7 Å². The standard InChI is InChI=1S/C16H21N3O/c1-12-6-5-7-13(10-12)16-18-15(20-19-16)11-17-14-8-3-2-4-9-14/h5-7,10,14,17H,2-4,8-9,11H2,1H3. The molecule has 0 saturated heterocycles. The number of nitrogens with one attached hydrogen (secondary N) is 1. The van der Waals surface area contributed by atoms with Gasteiger partial charge in [0.15, 0.2) is 0 Å². The Kier molecular flexibility index (Phi) is 4.11. The van der Waals surface area contributed by atoms with Gasteiger partial charge in [-0.3, -0.25) is 0 Å². The fourth-order valence-electron chi connectivity index (χ4n) is 2.77. The molecule has 1 aliphatic carbocycles. The van der Waals surface area contributed by atoms with Crippen LogP contribution >= 0.6 is 0 Å². The van der Waals surface area contributed by atoms with E-state index in [1.807, 2.05) is 12.1 Å². The van der Waals surface area contributed by atoms with Crippen LogP contribution in [0.5, 0.6) is 0 Å². The van der Waals surface area contributed by atoms with E-state index in [-0.39, 0.29) is 0 Å². The highest BCUT2D eigenvalue weighted by Gasteiger charge is 2.14. The molecule has 1 heterocycles. The summed E-state index contributed by atoms with van der Waals surface area (Å²) in [6.45, 7) is 2.73. The number of rotatable bonds is 4. The molecule has 4 heteroatoms. The van der Waals surface area contributed by atoms with Gasteiger partial charge in [-0.2, -0.15) is 4.98 Å². The minimum atomic E-state index is 0.609. The maximum absolute atomic E-state index is 5.33. The van der Waals surface area contributed by atoms with E-state index in [4.69, 9.17) is 4.52 Å². The topological polar surface area (TPSA) is 51.0 Å². The zero-order valence-corrected chi connectivity index (χ0v) is 11.9. The number of aromatic nitrogens is 2. The Morgan fingerprint density at radius 1 is 1.25 bits per heavy atom. The van der Waals surface area contributed by atoms with Crippen LogP contribution in [0.4, 0.5) is 0 Å². The van der Waals surface area contributed by atoms with Gasteiger partial charge >= 0.3 is 0 Å². The molecule has 0 aliphatic heterocycles. The predicted molar refractivity (Wildman–Crippen MR) is 78.2 cm³/mol. The summed E-state index contributed by atoms with van der Waals surface area (Å²) in [6.07, 6.45) is 6.56. The highest BCUT2D eigenvalue weighted by Crippen LogP contribution is 2.19. The Bertz CT molecular complexity index is 558. The van der Waals surface area contributed by atoms with Crippen LogP contribution in [0.2, 0.25) is 0 Å². The fraction of sp³-hybridized carbons (Fsp3) is 0.500. The molecule has 0 atom stereocenters. The lowest BCUT2D eigenvalue weighted by atomic mass is 9.95. The van der Waals surface area contributed by atoms with Gasteiger partial charge in [0.1, 0.15) is 0 Å². The zero-order valence-electron chi connectivity index (χ0n) is 11.9. The van der Waals surface area contributed by atoms with Crippen molar-refractivity contribution in [2.75, 3.05) is 0 Å². The Labute approximate surface area is 119 Å². The number of nitrogens with zero attached hydrogens (tertiary/aromatic N) is 2. The third-order valence-electron chi connectivity index (χ3n) is 3.89. The number of benzene rings is 1. The molecule has 3 rings (SSSR count). The minimum Gasteiger partial charge on any atom is -0.338 e. The monoisotopic (exact) mass is 271 g/mol. The van der Waals surface area contributed by atoms with Crippen molar-refractivity contribution in [2.24, 2.45) is 0 Å². The largest absolute Gasteiger partial charge is 0.338 e. The first-order valence-corrected chi connectivity index (χ1v) is 7.44. The molecular formula is C16H21N3O. The van der Waals surface area contributed by atoms with Crippen molar-refractivity contribution in [3.8, 4) is 11.4 Å². The van der Waals surface area contributed by atoms with Crippen LogP contribution in [0.15, 0.2) is 28.8 Å². The lowest BCUT2D eigenvalue weighted by Gasteiger charge is -2.21. The van der Waals surface area contributed by atoms with Gasteiger partial charge in [-0.1, -0.05) is 48.2 Å². The van der Waals surface area contributed by atoms with Crippen molar-refractivity contribution in [1.82, 2.24) is 15.5 Å². The molecule has 1 saturated carbocycles. The van der Waals surface area contributed by atoms with Crippen LogP contribution in [-0.4, -0.2) is 16.2 Å². The van der Waals surface area contributed by atoms with Crippen molar-refractivity contribution in [3.05, 3.63) is 35.7 Å². The molecule has 20 heavy (non-hydrogen) atoms. The van der Waals surface area contributed by atoms with Gasteiger partial charge in [-0.05, 0) is 25.8 Å². The second-order valence-corrected chi connectivity index (χ2v) is 5.60. The van der Waals surface area contributed by atoms with Gasteiger partial charge in [0, 0.05) is 11.6 Å². The SMILES string of the molecule is Cc1cccc(-c2noc(CNC3CCCCC3)n2)c1. The highest BCUT2D eigenvalue weighted by atomic mass is 16.5.